The van der Waals surface area contributed by atoms with Crippen molar-refractivity contribution >= 4 is 40.7 Å². The van der Waals surface area contributed by atoms with Crippen LogP contribution in [0.25, 0.3) is 0 Å². The molecule has 0 saturated carbocycles. The zero-order valence-electron chi connectivity index (χ0n) is 24.3. The number of fused-ring (bicyclic) bond motifs is 3. The second kappa shape index (κ2) is 11.6. The molecule has 3 aromatic rings. The summed E-state index contributed by atoms with van der Waals surface area (Å²) in [5.41, 5.74) is 1.21. The van der Waals surface area contributed by atoms with E-state index in [2.05, 4.69) is 15.0 Å². The van der Waals surface area contributed by atoms with Crippen LogP contribution < -0.4 is 14.7 Å². The second-order valence-corrected chi connectivity index (χ2v) is 11.3. The van der Waals surface area contributed by atoms with Gasteiger partial charge >= 0.3 is 0 Å². The molecule has 0 radical (unpaired) electrons. The van der Waals surface area contributed by atoms with Crippen molar-refractivity contribution in [3.8, 4) is 11.5 Å². The number of rotatable bonds is 6. The molecule has 1 saturated heterocycles. The number of phenolic OH excluding ortho intramolecular Hbond substituents is 1. The van der Waals surface area contributed by atoms with Gasteiger partial charge in [-0.3, -0.25) is 15.0 Å². The number of aromatic hydroxyl groups is 1. The number of nitrogens with zero attached hydrogens (tertiary/aromatic N) is 3. The lowest BCUT2D eigenvalue weighted by atomic mass is 9.82. The van der Waals surface area contributed by atoms with Crippen LogP contribution in [0.15, 0.2) is 69.6 Å². The number of ether oxygens (including phenoxy) is 2. The first-order chi connectivity index (χ1) is 22.6. The maximum atomic E-state index is 13.7. The molecule has 15 heteroatoms. The van der Waals surface area contributed by atoms with Gasteiger partial charge in [-0.15, -0.1) is 0 Å². The van der Waals surface area contributed by atoms with E-state index in [-0.39, 0.29) is 58.2 Å². The zero-order valence-corrected chi connectivity index (χ0v) is 24.3. The summed E-state index contributed by atoms with van der Waals surface area (Å²) in [7, 11) is 0. The molecule has 0 bridgehead atoms. The highest BCUT2D eigenvalue weighted by molar-refractivity contribution is 6.66. The van der Waals surface area contributed by atoms with Crippen molar-refractivity contribution in [2.75, 3.05) is 13.3 Å². The van der Waals surface area contributed by atoms with Gasteiger partial charge in [-0.2, -0.15) is 4.99 Å². The lowest BCUT2D eigenvalue weighted by Crippen LogP contribution is -3.09. The molecule has 0 spiro atoms. The molecule has 3 heterocycles. The van der Waals surface area contributed by atoms with Gasteiger partial charge < -0.3 is 40.1 Å². The minimum Gasteiger partial charge on any atom is -0.857 e. The molecule has 7 N–H and O–H groups in total. The number of benzene rings is 3. The SMILES string of the molecule is N=C1N=C([O-])C2=NC[NH+](c3ccccc3Cc3cc4c(c(O)c3OC3OC(CO)C(O)C(O)C3O)C(=O)c3ccccc3C4=O)C2=N1. The van der Waals surface area contributed by atoms with Gasteiger partial charge in [0.2, 0.25) is 12.2 Å². The second-order valence-electron chi connectivity index (χ2n) is 11.3. The molecule has 4 aliphatic rings. The van der Waals surface area contributed by atoms with Crippen molar-refractivity contribution in [3.05, 3.63) is 88.0 Å². The van der Waals surface area contributed by atoms with E-state index in [0.29, 0.717) is 16.2 Å². The van der Waals surface area contributed by atoms with Crippen molar-refractivity contribution in [2.45, 2.75) is 37.1 Å². The fourth-order valence-electron chi connectivity index (χ4n) is 6.22. The van der Waals surface area contributed by atoms with Gasteiger partial charge in [-0.1, -0.05) is 42.5 Å². The van der Waals surface area contributed by atoms with E-state index in [1.807, 2.05) is 0 Å². The average Bonchev–Trinajstić information content (AvgIpc) is 3.49. The van der Waals surface area contributed by atoms with Gasteiger partial charge in [-0.25, -0.2) is 14.9 Å². The van der Waals surface area contributed by atoms with Crippen molar-refractivity contribution in [1.29, 1.82) is 5.41 Å². The van der Waals surface area contributed by atoms with E-state index in [0.717, 1.165) is 0 Å². The van der Waals surface area contributed by atoms with Crippen LogP contribution in [0, 0.1) is 5.41 Å². The van der Waals surface area contributed by atoms with E-state index in [9.17, 15) is 40.2 Å². The molecule has 0 aromatic heterocycles. The average molecular weight is 642 g/mol. The van der Waals surface area contributed by atoms with Gasteiger partial charge in [0, 0.05) is 40.1 Å². The molecule has 240 valence electrons. The lowest BCUT2D eigenvalue weighted by Gasteiger charge is -2.40. The number of quaternary nitrogens is 1. The molecular weight excluding hydrogens is 614 g/mol. The van der Waals surface area contributed by atoms with Crippen LogP contribution in [-0.4, -0.2) is 104 Å². The highest BCUT2D eigenvalue weighted by Gasteiger charge is 2.46. The largest absolute Gasteiger partial charge is 0.857 e. The van der Waals surface area contributed by atoms with Crippen LogP contribution in [0.5, 0.6) is 11.5 Å². The van der Waals surface area contributed by atoms with Crippen LogP contribution >= 0.6 is 0 Å². The molecule has 0 amide bonds. The highest BCUT2D eigenvalue weighted by Crippen LogP contribution is 2.43. The fourth-order valence-corrected chi connectivity index (χ4v) is 6.22. The minimum atomic E-state index is -1.84. The first-order valence-corrected chi connectivity index (χ1v) is 14.6. The Bertz CT molecular complexity index is 1950. The first kappa shape index (κ1) is 30.5. The van der Waals surface area contributed by atoms with Crippen LogP contribution in [0.4, 0.5) is 5.69 Å². The van der Waals surface area contributed by atoms with Crippen LogP contribution in [-0.2, 0) is 11.2 Å². The zero-order chi connectivity index (χ0) is 33.1. The molecule has 15 nitrogen and oxygen atoms in total. The predicted octanol–water partition coefficient (Wildman–Crippen LogP) is -2.03. The normalized spacial score (nSPS) is 26.6. The molecule has 7 rings (SSSR count). The summed E-state index contributed by atoms with van der Waals surface area (Å²) in [6.07, 6.45) is -8.39. The Morgan fingerprint density at radius 1 is 0.936 bits per heavy atom. The van der Waals surface area contributed by atoms with Crippen LogP contribution in [0.2, 0.25) is 0 Å². The molecule has 1 aliphatic carbocycles. The summed E-state index contributed by atoms with van der Waals surface area (Å²) in [6.45, 7) is -0.655. The monoisotopic (exact) mass is 641 g/mol. The Labute approximate surface area is 265 Å². The summed E-state index contributed by atoms with van der Waals surface area (Å²) < 4.78 is 11.5. The van der Waals surface area contributed by atoms with Crippen LogP contribution in [0.1, 0.15) is 43.0 Å². The number of aliphatic hydroxyl groups is 4. The number of hydrogen-bond donors (Lipinski definition) is 7. The summed E-state index contributed by atoms with van der Waals surface area (Å²) in [4.78, 5) is 39.8. The van der Waals surface area contributed by atoms with E-state index in [4.69, 9.17) is 14.9 Å². The van der Waals surface area contributed by atoms with Gasteiger partial charge in [0.1, 0.15) is 30.1 Å². The number of ketones is 2. The number of carbonyl (C=O) groups excluding carboxylic acids is 2. The van der Waals surface area contributed by atoms with E-state index < -0.39 is 66.5 Å². The number of nitrogens with one attached hydrogen (secondary N) is 2. The number of phenols is 1. The van der Waals surface area contributed by atoms with E-state index >= 15 is 0 Å². The fraction of sp³-hybridized carbons (Fsp3) is 0.250. The molecular formula is C32H27N5O10. The Morgan fingerprint density at radius 3 is 2.38 bits per heavy atom. The smallest absolute Gasteiger partial charge is 0.262 e. The molecule has 47 heavy (non-hydrogen) atoms. The van der Waals surface area contributed by atoms with E-state index in [1.165, 1.54) is 18.2 Å². The van der Waals surface area contributed by atoms with Crippen molar-refractivity contribution < 1.29 is 54.6 Å². The number of carbonyl (C=O) groups is 2. The van der Waals surface area contributed by atoms with Gasteiger partial charge in [0.25, 0.3) is 5.84 Å². The molecule has 6 unspecified atom stereocenters. The standard InChI is InChI=1S/C32H27N5O10/c33-32-35-29-21(30(45)36-32)34-12-37(29)18-8-4-1-5-13(18)9-14-10-17-20(23(40)16-7-3-2-6-15(16)22(17)39)25(42)28(14)47-31-27(44)26(43)24(41)19(11-38)46-31/h1-8,10,19,24,26-27,31,38,41-44H,9,11-12H2,(H2,33,36,45). The van der Waals surface area contributed by atoms with Gasteiger partial charge in [0.05, 0.1) is 12.2 Å². The Kier molecular flexibility index (Phi) is 7.51. The number of guanidine groups is 1. The number of amidine groups is 1. The third-order valence-corrected chi connectivity index (χ3v) is 8.56. The Balaban J connectivity index is 1.34. The van der Waals surface area contributed by atoms with Gasteiger partial charge in [0.15, 0.2) is 35.4 Å². The summed E-state index contributed by atoms with van der Waals surface area (Å²) in [5, 5.41) is 73.0. The third-order valence-electron chi connectivity index (χ3n) is 8.56. The number of hydrogen-bond acceptors (Lipinski definition) is 12. The predicted molar refractivity (Wildman–Crippen MR) is 161 cm³/mol. The maximum Gasteiger partial charge on any atom is 0.262 e. The summed E-state index contributed by atoms with van der Waals surface area (Å²) in [5.74, 6) is -3.13. The molecule has 6 atom stereocenters. The Hall–Kier alpha value is -5.16. The molecule has 1 fully saturated rings. The number of aliphatic imine (C=N–C) groups is 3. The third kappa shape index (κ3) is 4.93. The molecule has 3 aromatic carbocycles. The number of para-hydroxylation sites is 1. The maximum absolute atomic E-state index is 13.7. The van der Waals surface area contributed by atoms with Gasteiger partial charge in [-0.05, 0) is 12.1 Å². The van der Waals surface area contributed by atoms with Crippen molar-refractivity contribution in [2.24, 2.45) is 15.0 Å². The first-order valence-electron chi connectivity index (χ1n) is 14.6. The van der Waals surface area contributed by atoms with Crippen LogP contribution in [0.3, 0.4) is 0 Å². The quantitative estimate of drug-likeness (QED) is 0.122. The van der Waals surface area contributed by atoms with Crippen molar-refractivity contribution in [1.82, 2.24) is 0 Å². The van der Waals surface area contributed by atoms with E-state index in [1.54, 1.807) is 36.4 Å². The van der Waals surface area contributed by atoms with Crippen molar-refractivity contribution in [3.63, 3.8) is 0 Å². The summed E-state index contributed by atoms with van der Waals surface area (Å²) >= 11 is 0. The topological polar surface area (TPSA) is 242 Å². The number of aliphatic hydroxyl groups excluding tert-OH is 4. The summed E-state index contributed by atoms with van der Waals surface area (Å²) in [6, 6.07) is 14.6. The lowest BCUT2D eigenvalue weighted by molar-refractivity contribution is -0.723. The Morgan fingerprint density at radius 2 is 1.64 bits per heavy atom. The highest BCUT2D eigenvalue weighted by atomic mass is 16.7. The molecule has 3 aliphatic heterocycles. The minimum absolute atomic E-state index is 0.0339.